The van der Waals surface area contributed by atoms with Crippen LogP contribution in [0.25, 0.3) is 5.78 Å². The standard InChI is InChI=1S/C16H15Cl2N5O3/c1-9(10-3-4-12(17)13(18)5-10)20-14(24)8-23-16(25)22-7-11(26-2)6-19-15(22)21-23/h3-7,9H,8H2,1-2H3,(H,20,24)/t9-/m0/s1. The molecule has 1 amide bonds. The molecular weight excluding hydrogens is 381 g/mol. The number of carbonyl (C=O) groups is 1. The molecule has 0 aliphatic rings. The van der Waals surface area contributed by atoms with Gasteiger partial charge in [0, 0.05) is 0 Å². The van der Waals surface area contributed by atoms with Gasteiger partial charge in [-0.15, -0.1) is 5.10 Å². The van der Waals surface area contributed by atoms with Gasteiger partial charge in [-0.05, 0) is 24.6 Å². The van der Waals surface area contributed by atoms with Crippen LogP contribution < -0.4 is 15.7 Å². The third kappa shape index (κ3) is 3.66. The Morgan fingerprint density at radius 1 is 1.35 bits per heavy atom. The normalized spacial score (nSPS) is 12.2. The van der Waals surface area contributed by atoms with Crippen molar-refractivity contribution in [2.45, 2.75) is 19.5 Å². The van der Waals surface area contributed by atoms with Gasteiger partial charge in [-0.1, -0.05) is 29.3 Å². The first-order valence-electron chi connectivity index (χ1n) is 7.62. The molecule has 0 unspecified atom stereocenters. The number of fused-ring (bicyclic) bond motifs is 1. The molecule has 3 aromatic rings. The van der Waals surface area contributed by atoms with E-state index >= 15 is 0 Å². The van der Waals surface area contributed by atoms with Crippen molar-refractivity contribution in [3.05, 3.63) is 56.7 Å². The summed E-state index contributed by atoms with van der Waals surface area (Å²) in [6.45, 7) is 1.56. The van der Waals surface area contributed by atoms with E-state index in [1.165, 1.54) is 23.9 Å². The Morgan fingerprint density at radius 2 is 2.12 bits per heavy atom. The number of hydrogen-bond donors (Lipinski definition) is 1. The van der Waals surface area contributed by atoms with Gasteiger partial charge in [0.1, 0.15) is 6.54 Å². The molecule has 1 N–H and O–H groups in total. The van der Waals surface area contributed by atoms with Crippen LogP contribution in [0.2, 0.25) is 10.0 Å². The quantitative estimate of drug-likeness (QED) is 0.713. The van der Waals surface area contributed by atoms with Gasteiger partial charge in [-0.2, -0.15) is 0 Å². The van der Waals surface area contributed by atoms with E-state index in [0.717, 1.165) is 10.2 Å². The SMILES string of the molecule is COc1cnc2nn(CC(=O)N[C@@H](C)c3ccc(Cl)c(Cl)c3)c(=O)n2c1. The number of carbonyl (C=O) groups excluding carboxylic acids is 1. The molecule has 0 saturated carbocycles. The molecule has 0 saturated heterocycles. The largest absolute Gasteiger partial charge is 0.494 e. The average molecular weight is 396 g/mol. The smallest absolute Gasteiger partial charge is 0.352 e. The summed E-state index contributed by atoms with van der Waals surface area (Å²) in [6, 6.07) is 4.80. The van der Waals surface area contributed by atoms with Gasteiger partial charge >= 0.3 is 5.69 Å². The van der Waals surface area contributed by atoms with E-state index < -0.39 is 5.69 Å². The lowest BCUT2D eigenvalue weighted by molar-refractivity contribution is -0.122. The zero-order valence-electron chi connectivity index (χ0n) is 13.9. The summed E-state index contributed by atoms with van der Waals surface area (Å²) in [7, 11) is 1.47. The lowest BCUT2D eigenvalue weighted by atomic mass is 10.1. The zero-order valence-corrected chi connectivity index (χ0v) is 15.5. The number of amides is 1. The fraction of sp³-hybridized carbons (Fsp3) is 0.250. The molecular formula is C16H15Cl2N5O3. The van der Waals surface area contributed by atoms with Crippen molar-refractivity contribution >= 4 is 34.9 Å². The van der Waals surface area contributed by atoms with Crippen molar-refractivity contribution in [1.82, 2.24) is 24.5 Å². The van der Waals surface area contributed by atoms with Crippen molar-refractivity contribution in [2.24, 2.45) is 0 Å². The second-order valence-electron chi connectivity index (χ2n) is 5.57. The van der Waals surface area contributed by atoms with E-state index in [-0.39, 0.29) is 24.3 Å². The maximum absolute atomic E-state index is 12.3. The molecule has 0 radical (unpaired) electrons. The fourth-order valence-corrected chi connectivity index (χ4v) is 2.69. The highest BCUT2D eigenvalue weighted by molar-refractivity contribution is 6.42. The van der Waals surface area contributed by atoms with E-state index in [2.05, 4.69) is 15.4 Å². The first-order valence-corrected chi connectivity index (χ1v) is 8.38. The Hall–Kier alpha value is -2.58. The fourth-order valence-electron chi connectivity index (χ4n) is 2.39. The van der Waals surface area contributed by atoms with E-state index in [1.54, 1.807) is 25.1 Å². The van der Waals surface area contributed by atoms with Crippen molar-refractivity contribution in [3.8, 4) is 5.75 Å². The van der Waals surface area contributed by atoms with Crippen LogP contribution in [0.4, 0.5) is 0 Å². The number of ether oxygens (including phenoxy) is 1. The molecule has 0 spiro atoms. The summed E-state index contributed by atoms with van der Waals surface area (Å²) in [5.41, 5.74) is 0.310. The predicted octanol–water partition coefficient (Wildman–Crippen LogP) is 2.08. The lowest BCUT2D eigenvalue weighted by Crippen LogP contribution is -2.34. The number of halogens is 2. The summed E-state index contributed by atoms with van der Waals surface area (Å²) < 4.78 is 7.29. The minimum atomic E-state index is -0.483. The molecule has 3 rings (SSSR count). The topological polar surface area (TPSA) is 90.5 Å². The van der Waals surface area contributed by atoms with Crippen molar-refractivity contribution in [2.75, 3.05) is 7.11 Å². The molecule has 1 atom stereocenters. The molecule has 10 heteroatoms. The van der Waals surface area contributed by atoms with Crippen LogP contribution in [0.3, 0.4) is 0 Å². The Morgan fingerprint density at radius 3 is 2.81 bits per heavy atom. The number of benzene rings is 1. The summed E-state index contributed by atoms with van der Waals surface area (Å²) in [5.74, 6) is 0.221. The molecule has 26 heavy (non-hydrogen) atoms. The van der Waals surface area contributed by atoms with Crippen LogP contribution in [0.5, 0.6) is 5.75 Å². The zero-order chi connectivity index (χ0) is 18.8. The summed E-state index contributed by atoms with van der Waals surface area (Å²) in [6.07, 6.45) is 2.91. The highest BCUT2D eigenvalue weighted by atomic mass is 35.5. The molecule has 8 nitrogen and oxygen atoms in total. The molecule has 0 aliphatic heterocycles. The van der Waals surface area contributed by atoms with E-state index in [4.69, 9.17) is 27.9 Å². The molecule has 0 bridgehead atoms. The number of methoxy groups -OCH3 is 1. The maximum atomic E-state index is 12.3. The molecule has 0 fully saturated rings. The Bertz CT molecular complexity index is 1030. The van der Waals surface area contributed by atoms with E-state index in [0.29, 0.717) is 15.8 Å². The second kappa shape index (κ2) is 7.35. The Labute approximate surface area is 158 Å². The van der Waals surface area contributed by atoms with Gasteiger partial charge in [-0.3, -0.25) is 4.79 Å². The summed E-state index contributed by atoms with van der Waals surface area (Å²) >= 11 is 11.9. The first-order chi connectivity index (χ1) is 12.4. The van der Waals surface area contributed by atoms with Crippen LogP contribution in [-0.4, -0.2) is 32.2 Å². The molecule has 2 heterocycles. The molecule has 1 aromatic carbocycles. The van der Waals surface area contributed by atoms with Gasteiger partial charge in [0.15, 0.2) is 5.75 Å². The Kier molecular flexibility index (Phi) is 5.15. The average Bonchev–Trinajstić information content (AvgIpc) is 2.92. The number of nitrogens with one attached hydrogen (secondary N) is 1. The Balaban J connectivity index is 1.75. The van der Waals surface area contributed by atoms with Crippen molar-refractivity contribution in [3.63, 3.8) is 0 Å². The van der Waals surface area contributed by atoms with Crippen LogP contribution >= 0.6 is 23.2 Å². The number of rotatable bonds is 5. The third-order valence-electron chi connectivity index (χ3n) is 3.77. The molecule has 0 aliphatic carbocycles. The number of nitrogens with zero attached hydrogens (tertiary/aromatic N) is 4. The highest BCUT2D eigenvalue weighted by Gasteiger charge is 2.15. The maximum Gasteiger partial charge on any atom is 0.352 e. The summed E-state index contributed by atoms with van der Waals surface area (Å²) in [5, 5.41) is 7.67. The molecule has 136 valence electrons. The van der Waals surface area contributed by atoms with Gasteiger partial charge in [0.2, 0.25) is 5.91 Å². The molecule has 2 aromatic heterocycles. The van der Waals surface area contributed by atoms with Crippen molar-refractivity contribution in [1.29, 1.82) is 0 Å². The van der Waals surface area contributed by atoms with E-state index in [1.807, 2.05) is 0 Å². The first kappa shape index (κ1) is 18.2. The number of aromatic nitrogens is 4. The monoisotopic (exact) mass is 395 g/mol. The minimum Gasteiger partial charge on any atom is -0.494 e. The van der Waals surface area contributed by atoms with Crippen LogP contribution in [0.15, 0.2) is 35.4 Å². The predicted molar refractivity (Wildman–Crippen MR) is 96.8 cm³/mol. The van der Waals surface area contributed by atoms with Crippen LogP contribution in [0.1, 0.15) is 18.5 Å². The van der Waals surface area contributed by atoms with E-state index in [9.17, 15) is 9.59 Å². The van der Waals surface area contributed by atoms with Gasteiger partial charge < -0.3 is 10.1 Å². The summed E-state index contributed by atoms with van der Waals surface area (Å²) in [4.78, 5) is 28.6. The van der Waals surface area contributed by atoms with Gasteiger partial charge in [0.05, 0.1) is 35.6 Å². The van der Waals surface area contributed by atoms with Crippen LogP contribution in [0, 0.1) is 0 Å². The highest BCUT2D eigenvalue weighted by Crippen LogP contribution is 2.25. The second-order valence-corrected chi connectivity index (χ2v) is 6.38. The minimum absolute atomic E-state index is 0.182. The number of hydrogen-bond acceptors (Lipinski definition) is 5. The third-order valence-corrected chi connectivity index (χ3v) is 4.51. The van der Waals surface area contributed by atoms with Gasteiger partial charge in [0.25, 0.3) is 5.78 Å². The lowest BCUT2D eigenvalue weighted by Gasteiger charge is -2.14. The van der Waals surface area contributed by atoms with Crippen LogP contribution in [-0.2, 0) is 11.3 Å². The van der Waals surface area contributed by atoms with Gasteiger partial charge in [-0.25, -0.2) is 18.9 Å². The van der Waals surface area contributed by atoms with Crippen molar-refractivity contribution < 1.29 is 9.53 Å².